The summed E-state index contributed by atoms with van der Waals surface area (Å²) < 4.78 is 5.34. The molecule has 3 N–H and O–H groups in total. The van der Waals surface area contributed by atoms with Crippen molar-refractivity contribution in [1.82, 2.24) is 16.0 Å². The van der Waals surface area contributed by atoms with E-state index in [-0.39, 0.29) is 11.3 Å². The summed E-state index contributed by atoms with van der Waals surface area (Å²) in [5, 5.41) is 9.22. The predicted molar refractivity (Wildman–Crippen MR) is 77.6 cm³/mol. The molecule has 0 aliphatic heterocycles. The van der Waals surface area contributed by atoms with Gasteiger partial charge in [-0.25, -0.2) is 0 Å². The number of hydrogen-bond donors (Lipinski definition) is 3. The molecule has 0 unspecified atom stereocenters. The minimum Gasteiger partial charge on any atom is -0.378 e. The third-order valence-electron chi connectivity index (χ3n) is 2.02. The van der Waals surface area contributed by atoms with Crippen molar-refractivity contribution in [2.75, 3.05) is 33.4 Å². The number of carbonyl (C=O) groups is 1. The van der Waals surface area contributed by atoms with Gasteiger partial charge >= 0.3 is 0 Å². The lowest BCUT2D eigenvalue weighted by atomic mass is 9.92. The van der Waals surface area contributed by atoms with Gasteiger partial charge < -0.3 is 20.7 Å². The molecule has 1 amide bonds. The molecular weight excluding hydrogens is 250 g/mol. The molecule has 0 rings (SSSR count). The van der Waals surface area contributed by atoms with Crippen molar-refractivity contribution in [3.05, 3.63) is 0 Å². The molecule has 0 saturated heterocycles. The molecule has 0 aromatic carbocycles. The minimum atomic E-state index is 0.0255. The van der Waals surface area contributed by atoms with Crippen LogP contribution in [-0.2, 0) is 9.53 Å². The first-order chi connectivity index (χ1) is 8.35. The maximum Gasteiger partial charge on any atom is 0.220 e. The van der Waals surface area contributed by atoms with Gasteiger partial charge in [0.2, 0.25) is 5.91 Å². The molecule has 0 spiro atoms. The Morgan fingerprint density at radius 1 is 1.17 bits per heavy atom. The first-order valence-electron chi connectivity index (χ1n) is 6.15. The van der Waals surface area contributed by atoms with Crippen LogP contribution in [0.2, 0.25) is 0 Å². The fourth-order valence-electron chi connectivity index (χ4n) is 1.23. The van der Waals surface area contributed by atoms with Crippen molar-refractivity contribution in [3.8, 4) is 0 Å². The lowest BCUT2D eigenvalue weighted by Crippen LogP contribution is -2.35. The van der Waals surface area contributed by atoms with E-state index in [0.717, 1.165) is 0 Å². The normalized spacial score (nSPS) is 10.9. The van der Waals surface area contributed by atoms with Crippen LogP contribution in [0.15, 0.2) is 0 Å². The molecule has 5 nitrogen and oxygen atoms in total. The van der Waals surface area contributed by atoms with Crippen LogP contribution in [0, 0.1) is 5.41 Å². The highest BCUT2D eigenvalue weighted by Gasteiger charge is 2.15. The number of rotatable bonds is 7. The summed E-state index contributed by atoms with van der Waals surface area (Å²) in [7, 11) is 1.76. The van der Waals surface area contributed by atoms with Crippen molar-refractivity contribution in [2.45, 2.75) is 27.2 Å². The van der Waals surface area contributed by atoms with Crippen molar-refractivity contribution in [3.63, 3.8) is 0 Å². The Balaban J connectivity index is 3.35. The second kappa shape index (κ2) is 9.10. The second-order valence-corrected chi connectivity index (χ2v) is 5.61. The average molecular weight is 275 g/mol. The van der Waals surface area contributed by atoms with Crippen molar-refractivity contribution >= 4 is 23.2 Å². The van der Waals surface area contributed by atoms with E-state index >= 15 is 0 Å². The Labute approximate surface area is 115 Å². The molecule has 0 fully saturated rings. The number of ether oxygens (including phenoxy) is 1. The molecule has 0 heterocycles. The zero-order valence-electron chi connectivity index (χ0n) is 11.8. The molecule has 106 valence electrons. The molecular formula is C12H25N3O2S. The molecule has 0 aliphatic rings. The molecule has 0 radical (unpaired) electrons. The fraction of sp³-hybridized carbons (Fsp3) is 0.833. The van der Waals surface area contributed by atoms with Crippen LogP contribution in [0.25, 0.3) is 0 Å². The van der Waals surface area contributed by atoms with E-state index in [9.17, 15) is 4.79 Å². The molecule has 0 aromatic rings. The molecule has 0 saturated carbocycles. The molecule has 0 atom stereocenters. The van der Waals surface area contributed by atoms with Crippen LogP contribution in [-0.4, -0.2) is 44.4 Å². The molecule has 0 bridgehead atoms. The quantitative estimate of drug-likeness (QED) is 0.470. The number of nitrogens with one attached hydrogen (secondary N) is 3. The van der Waals surface area contributed by atoms with Crippen LogP contribution in [0.3, 0.4) is 0 Å². The van der Waals surface area contributed by atoms with Gasteiger partial charge in [0.15, 0.2) is 5.11 Å². The summed E-state index contributed by atoms with van der Waals surface area (Å²) in [5.41, 5.74) is 0.0255. The van der Waals surface area contributed by atoms with Gasteiger partial charge in [0.1, 0.15) is 0 Å². The minimum absolute atomic E-state index is 0.0255. The Morgan fingerprint density at radius 2 is 1.72 bits per heavy atom. The Hall–Kier alpha value is -0.880. The van der Waals surface area contributed by atoms with Crippen LogP contribution < -0.4 is 16.0 Å². The largest absolute Gasteiger partial charge is 0.378 e. The first kappa shape index (κ1) is 17.1. The zero-order valence-corrected chi connectivity index (χ0v) is 12.6. The Morgan fingerprint density at radius 3 is 2.22 bits per heavy atom. The zero-order chi connectivity index (χ0) is 14.0. The smallest absolute Gasteiger partial charge is 0.220 e. The van der Waals surface area contributed by atoms with E-state index in [1.165, 1.54) is 0 Å². The third-order valence-corrected chi connectivity index (χ3v) is 2.37. The van der Waals surface area contributed by atoms with Gasteiger partial charge in [0.05, 0.1) is 13.2 Å². The van der Waals surface area contributed by atoms with Gasteiger partial charge in [0, 0.05) is 26.6 Å². The van der Waals surface area contributed by atoms with Crippen molar-refractivity contribution in [1.29, 1.82) is 0 Å². The SMILES string of the molecule is CNC(=S)NCCOCCNC(=O)CC(C)(C)C. The Bertz CT molecular complexity index is 265. The standard InChI is InChI=1S/C12H25N3O2S/c1-12(2,3)9-10(16)14-5-7-17-8-6-15-11(18)13-4/h5-9H2,1-4H3,(H,14,16)(H2,13,15,18). The monoisotopic (exact) mass is 275 g/mol. The fourth-order valence-corrected chi connectivity index (χ4v) is 1.34. The van der Waals surface area contributed by atoms with E-state index in [4.69, 9.17) is 17.0 Å². The maximum absolute atomic E-state index is 11.5. The van der Waals surface area contributed by atoms with Crippen LogP contribution in [0.5, 0.6) is 0 Å². The maximum atomic E-state index is 11.5. The van der Waals surface area contributed by atoms with Gasteiger partial charge in [-0.15, -0.1) is 0 Å². The van der Waals surface area contributed by atoms with Crippen LogP contribution >= 0.6 is 12.2 Å². The second-order valence-electron chi connectivity index (χ2n) is 5.21. The van der Waals surface area contributed by atoms with Crippen LogP contribution in [0.1, 0.15) is 27.2 Å². The number of amides is 1. The number of thiocarbonyl (C=S) groups is 1. The summed E-state index contributed by atoms with van der Waals surface area (Å²) in [6, 6.07) is 0. The topological polar surface area (TPSA) is 62.4 Å². The summed E-state index contributed by atoms with van der Waals surface area (Å²) in [6.45, 7) is 8.42. The van der Waals surface area contributed by atoms with E-state index in [2.05, 4.69) is 16.0 Å². The number of hydrogen-bond acceptors (Lipinski definition) is 3. The first-order valence-corrected chi connectivity index (χ1v) is 6.56. The highest BCUT2D eigenvalue weighted by molar-refractivity contribution is 7.80. The number of carbonyl (C=O) groups excluding carboxylic acids is 1. The highest BCUT2D eigenvalue weighted by Crippen LogP contribution is 2.17. The van der Waals surface area contributed by atoms with E-state index in [0.29, 0.717) is 37.8 Å². The van der Waals surface area contributed by atoms with Gasteiger partial charge in [-0.05, 0) is 17.6 Å². The predicted octanol–water partition coefficient (Wildman–Crippen LogP) is 0.649. The lowest BCUT2D eigenvalue weighted by Gasteiger charge is -2.17. The molecule has 0 aliphatic carbocycles. The van der Waals surface area contributed by atoms with Gasteiger partial charge in [-0.3, -0.25) is 4.79 Å². The Kier molecular flexibility index (Phi) is 8.66. The summed E-state index contributed by atoms with van der Waals surface area (Å²) in [5.74, 6) is 0.0700. The van der Waals surface area contributed by atoms with E-state index in [1.54, 1.807) is 7.05 Å². The molecule has 6 heteroatoms. The third kappa shape index (κ3) is 11.6. The average Bonchev–Trinajstić information content (AvgIpc) is 2.25. The summed E-state index contributed by atoms with van der Waals surface area (Å²) in [4.78, 5) is 11.5. The summed E-state index contributed by atoms with van der Waals surface area (Å²) in [6.07, 6.45) is 0.533. The summed E-state index contributed by atoms with van der Waals surface area (Å²) >= 11 is 4.91. The van der Waals surface area contributed by atoms with Gasteiger partial charge in [0.25, 0.3) is 0 Å². The molecule has 18 heavy (non-hydrogen) atoms. The van der Waals surface area contributed by atoms with Crippen molar-refractivity contribution < 1.29 is 9.53 Å². The van der Waals surface area contributed by atoms with Gasteiger partial charge in [-0.2, -0.15) is 0 Å². The highest BCUT2D eigenvalue weighted by atomic mass is 32.1. The van der Waals surface area contributed by atoms with Crippen molar-refractivity contribution in [2.24, 2.45) is 5.41 Å². The van der Waals surface area contributed by atoms with Gasteiger partial charge in [-0.1, -0.05) is 20.8 Å². The van der Waals surface area contributed by atoms with E-state index < -0.39 is 0 Å². The van der Waals surface area contributed by atoms with Crippen LogP contribution in [0.4, 0.5) is 0 Å². The lowest BCUT2D eigenvalue weighted by molar-refractivity contribution is -0.123. The van der Waals surface area contributed by atoms with E-state index in [1.807, 2.05) is 20.8 Å². The molecule has 0 aromatic heterocycles.